The number of guanidine groups is 1. The zero-order valence-electron chi connectivity index (χ0n) is 16.8. The van der Waals surface area contributed by atoms with Crippen molar-refractivity contribution >= 4 is 5.96 Å². The van der Waals surface area contributed by atoms with E-state index < -0.39 is 0 Å². The van der Waals surface area contributed by atoms with Gasteiger partial charge in [-0.3, -0.25) is 4.99 Å². The lowest BCUT2D eigenvalue weighted by atomic mass is 10.0. The van der Waals surface area contributed by atoms with E-state index in [4.69, 9.17) is 18.9 Å². The van der Waals surface area contributed by atoms with Crippen LogP contribution >= 0.6 is 0 Å². The largest absolute Gasteiger partial charge is 0.493 e. The lowest BCUT2D eigenvalue weighted by molar-refractivity contribution is 0.0203. The Bertz CT molecular complexity index is 574. The van der Waals surface area contributed by atoms with Crippen LogP contribution in [0.15, 0.2) is 23.2 Å². The van der Waals surface area contributed by atoms with Gasteiger partial charge in [-0.2, -0.15) is 0 Å². The van der Waals surface area contributed by atoms with Crippen LogP contribution in [-0.4, -0.2) is 60.2 Å². The molecule has 27 heavy (non-hydrogen) atoms. The quantitative estimate of drug-likeness (QED) is 0.369. The molecule has 0 aromatic heterocycles. The van der Waals surface area contributed by atoms with Gasteiger partial charge >= 0.3 is 0 Å². The third-order valence-corrected chi connectivity index (χ3v) is 4.58. The number of ether oxygens (including phenoxy) is 4. The maximum atomic E-state index is 5.78. The second-order valence-corrected chi connectivity index (χ2v) is 6.53. The molecule has 1 aromatic rings. The molecule has 1 saturated heterocycles. The van der Waals surface area contributed by atoms with E-state index in [0.717, 1.165) is 75.3 Å². The maximum absolute atomic E-state index is 5.78. The highest BCUT2D eigenvalue weighted by atomic mass is 16.5. The minimum Gasteiger partial charge on any atom is -0.493 e. The number of aliphatic imine (C=N–C) groups is 1. The Morgan fingerprint density at radius 1 is 1.15 bits per heavy atom. The summed E-state index contributed by atoms with van der Waals surface area (Å²) in [6.45, 7) is 4.82. The molecule has 0 saturated carbocycles. The van der Waals surface area contributed by atoms with Gasteiger partial charge in [0, 0.05) is 46.6 Å². The predicted octanol–water partition coefficient (Wildman–Crippen LogP) is 2.20. The van der Waals surface area contributed by atoms with Crippen LogP contribution in [0.1, 0.15) is 24.8 Å². The first-order chi connectivity index (χ1) is 13.3. The van der Waals surface area contributed by atoms with E-state index in [1.54, 1.807) is 21.3 Å². The van der Waals surface area contributed by atoms with E-state index in [1.165, 1.54) is 0 Å². The molecule has 7 nitrogen and oxygen atoms in total. The Morgan fingerprint density at radius 3 is 2.63 bits per heavy atom. The number of nitrogens with one attached hydrogen (secondary N) is 2. The first kappa shape index (κ1) is 21.3. The van der Waals surface area contributed by atoms with Gasteiger partial charge in [0.2, 0.25) is 0 Å². The average molecular weight is 380 g/mol. The molecule has 0 bridgehead atoms. The standard InChI is InChI=1S/C20H33N3O4/c1-21-20(22-9-4-10-27-15-16-7-11-26-12-8-16)23-14-17-5-6-18(24-2)19(13-17)25-3/h5-6,13,16H,4,7-12,14-15H2,1-3H3,(H2,21,22,23). The van der Waals surface area contributed by atoms with Crippen molar-refractivity contribution in [2.24, 2.45) is 10.9 Å². The third-order valence-electron chi connectivity index (χ3n) is 4.58. The van der Waals surface area contributed by atoms with Gasteiger partial charge in [-0.25, -0.2) is 0 Å². The Labute approximate surface area is 162 Å². The minimum absolute atomic E-state index is 0.653. The summed E-state index contributed by atoms with van der Waals surface area (Å²) in [4.78, 5) is 4.25. The molecule has 152 valence electrons. The van der Waals surface area contributed by atoms with Crippen LogP contribution in [0.5, 0.6) is 11.5 Å². The number of benzene rings is 1. The van der Waals surface area contributed by atoms with Gasteiger partial charge in [-0.15, -0.1) is 0 Å². The summed E-state index contributed by atoms with van der Waals surface area (Å²) < 4.78 is 21.7. The lowest BCUT2D eigenvalue weighted by Crippen LogP contribution is -2.37. The second kappa shape index (κ2) is 12.4. The fourth-order valence-corrected chi connectivity index (χ4v) is 2.94. The molecule has 1 aliphatic rings. The van der Waals surface area contributed by atoms with Crippen molar-refractivity contribution in [2.45, 2.75) is 25.8 Å². The van der Waals surface area contributed by atoms with E-state index in [0.29, 0.717) is 12.5 Å². The predicted molar refractivity (Wildman–Crippen MR) is 107 cm³/mol. The highest BCUT2D eigenvalue weighted by molar-refractivity contribution is 5.79. The van der Waals surface area contributed by atoms with Gasteiger partial charge in [0.05, 0.1) is 14.2 Å². The van der Waals surface area contributed by atoms with Crippen molar-refractivity contribution in [1.82, 2.24) is 10.6 Å². The van der Waals surface area contributed by atoms with E-state index in [9.17, 15) is 0 Å². The summed E-state index contributed by atoms with van der Waals surface area (Å²) in [6, 6.07) is 5.87. The van der Waals surface area contributed by atoms with Crippen molar-refractivity contribution in [3.63, 3.8) is 0 Å². The van der Waals surface area contributed by atoms with Gasteiger partial charge in [0.1, 0.15) is 0 Å². The second-order valence-electron chi connectivity index (χ2n) is 6.53. The summed E-state index contributed by atoms with van der Waals surface area (Å²) in [5.74, 6) is 2.88. The molecule has 1 aromatic carbocycles. The average Bonchev–Trinajstić information content (AvgIpc) is 2.73. The molecular formula is C20H33N3O4. The molecule has 0 aliphatic carbocycles. The summed E-state index contributed by atoms with van der Waals surface area (Å²) in [7, 11) is 5.04. The highest BCUT2D eigenvalue weighted by Crippen LogP contribution is 2.27. The zero-order valence-corrected chi connectivity index (χ0v) is 16.8. The van der Waals surface area contributed by atoms with Crippen LogP contribution in [0.3, 0.4) is 0 Å². The molecular weight excluding hydrogens is 346 g/mol. The fraction of sp³-hybridized carbons (Fsp3) is 0.650. The smallest absolute Gasteiger partial charge is 0.191 e. The van der Waals surface area contributed by atoms with E-state index in [2.05, 4.69) is 15.6 Å². The Morgan fingerprint density at radius 2 is 1.93 bits per heavy atom. The maximum Gasteiger partial charge on any atom is 0.191 e. The Hall–Kier alpha value is -1.99. The summed E-state index contributed by atoms with van der Waals surface area (Å²) >= 11 is 0. The highest BCUT2D eigenvalue weighted by Gasteiger charge is 2.13. The van der Waals surface area contributed by atoms with E-state index in [1.807, 2.05) is 18.2 Å². The van der Waals surface area contributed by atoms with Crippen LogP contribution in [0.4, 0.5) is 0 Å². The molecule has 7 heteroatoms. The number of hydrogen-bond acceptors (Lipinski definition) is 5. The third kappa shape index (κ3) is 7.64. The molecule has 1 fully saturated rings. The van der Waals surface area contributed by atoms with Crippen LogP contribution < -0.4 is 20.1 Å². The Balaban J connectivity index is 1.61. The van der Waals surface area contributed by atoms with Gasteiger partial charge in [-0.05, 0) is 42.9 Å². The summed E-state index contributed by atoms with van der Waals surface area (Å²) in [5.41, 5.74) is 1.09. The van der Waals surface area contributed by atoms with Crippen LogP contribution in [0.25, 0.3) is 0 Å². The first-order valence-corrected chi connectivity index (χ1v) is 9.57. The van der Waals surface area contributed by atoms with Crippen molar-refractivity contribution in [2.75, 3.05) is 54.2 Å². The molecule has 0 radical (unpaired) electrons. The van der Waals surface area contributed by atoms with Crippen LogP contribution in [0.2, 0.25) is 0 Å². The first-order valence-electron chi connectivity index (χ1n) is 9.57. The molecule has 2 N–H and O–H groups in total. The van der Waals surface area contributed by atoms with E-state index >= 15 is 0 Å². The summed E-state index contributed by atoms with van der Waals surface area (Å²) in [5, 5.41) is 6.62. The molecule has 2 rings (SSSR count). The number of nitrogens with zero attached hydrogens (tertiary/aromatic N) is 1. The van der Waals surface area contributed by atoms with Crippen molar-refractivity contribution in [3.05, 3.63) is 23.8 Å². The van der Waals surface area contributed by atoms with Crippen molar-refractivity contribution in [1.29, 1.82) is 0 Å². The number of rotatable bonds is 10. The van der Waals surface area contributed by atoms with Crippen molar-refractivity contribution in [3.8, 4) is 11.5 Å². The molecule has 0 unspecified atom stereocenters. The molecule has 0 amide bonds. The zero-order chi connectivity index (χ0) is 19.3. The van der Waals surface area contributed by atoms with Crippen molar-refractivity contribution < 1.29 is 18.9 Å². The molecule has 0 atom stereocenters. The summed E-state index contributed by atoms with van der Waals surface area (Å²) in [6.07, 6.45) is 3.18. The van der Waals surface area contributed by atoms with Gasteiger partial charge < -0.3 is 29.6 Å². The monoisotopic (exact) mass is 379 g/mol. The Kier molecular flexibility index (Phi) is 9.79. The topological polar surface area (TPSA) is 73.3 Å². The number of hydrogen-bond donors (Lipinski definition) is 2. The normalized spacial score (nSPS) is 15.4. The fourth-order valence-electron chi connectivity index (χ4n) is 2.94. The van der Waals surface area contributed by atoms with Crippen LogP contribution in [0, 0.1) is 5.92 Å². The SMILES string of the molecule is CN=C(NCCCOCC1CCOCC1)NCc1ccc(OC)c(OC)c1. The molecule has 1 aliphatic heterocycles. The van der Waals surface area contributed by atoms with Gasteiger partial charge in [0.15, 0.2) is 17.5 Å². The van der Waals surface area contributed by atoms with Crippen LogP contribution in [-0.2, 0) is 16.0 Å². The minimum atomic E-state index is 0.653. The van der Waals surface area contributed by atoms with Gasteiger partial charge in [-0.1, -0.05) is 6.07 Å². The molecule has 0 spiro atoms. The number of methoxy groups -OCH3 is 2. The lowest BCUT2D eigenvalue weighted by Gasteiger charge is -2.21. The van der Waals surface area contributed by atoms with Gasteiger partial charge in [0.25, 0.3) is 0 Å². The molecule has 1 heterocycles. The van der Waals surface area contributed by atoms with E-state index in [-0.39, 0.29) is 0 Å².